The van der Waals surface area contributed by atoms with Crippen LogP contribution in [0.5, 0.6) is 5.75 Å². The molecule has 2 aromatic carbocycles. The zero-order valence-electron chi connectivity index (χ0n) is 14.4. The van der Waals surface area contributed by atoms with Gasteiger partial charge in [-0.3, -0.25) is 0 Å². The second-order valence-electron chi connectivity index (χ2n) is 6.24. The average molecular weight is 328 g/mol. The maximum Gasteiger partial charge on any atom is 0.137 e. The van der Waals surface area contributed by atoms with Gasteiger partial charge in [-0.2, -0.15) is 0 Å². The monoisotopic (exact) mass is 328 g/mol. The number of rotatable bonds is 4. The van der Waals surface area contributed by atoms with Crippen LogP contribution in [-0.2, 0) is 0 Å². The molecule has 25 heavy (non-hydrogen) atoms. The minimum Gasteiger partial charge on any atom is -0.486 e. The van der Waals surface area contributed by atoms with E-state index in [1.807, 2.05) is 53.1 Å². The summed E-state index contributed by atoms with van der Waals surface area (Å²) in [7, 11) is 0. The lowest BCUT2D eigenvalue weighted by molar-refractivity contribution is 0.225. The van der Waals surface area contributed by atoms with Gasteiger partial charge in [0.15, 0.2) is 0 Å². The highest BCUT2D eigenvalue weighted by molar-refractivity contribution is 5.64. The Morgan fingerprint density at radius 1 is 0.960 bits per heavy atom. The summed E-state index contributed by atoms with van der Waals surface area (Å²) in [6.45, 7) is 4.15. The number of nitrogens with zero attached hydrogens (tertiary/aromatic N) is 2. The normalized spacial score (nSPS) is 12.2. The van der Waals surface area contributed by atoms with Gasteiger partial charge in [-0.15, -0.1) is 0 Å². The lowest BCUT2D eigenvalue weighted by Gasteiger charge is -2.17. The topological polar surface area (TPSA) is 26.5 Å². The van der Waals surface area contributed by atoms with Crippen LogP contribution in [0.1, 0.15) is 24.2 Å². The van der Waals surface area contributed by atoms with Gasteiger partial charge in [-0.05, 0) is 55.3 Å². The first-order valence-electron chi connectivity index (χ1n) is 8.47. The van der Waals surface area contributed by atoms with Crippen LogP contribution in [-0.4, -0.2) is 9.38 Å². The number of aryl methyl sites for hydroxylation is 1. The molecule has 2 heterocycles. The van der Waals surface area contributed by atoms with E-state index in [-0.39, 0.29) is 6.10 Å². The Balaban J connectivity index is 1.60. The van der Waals surface area contributed by atoms with Gasteiger partial charge in [0, 0.05) is 18.0 Å². The highest BCUT2D eigenvalue weighted by Gasteiger charge is 2.11. The van der Waals surface area contributed by atoms with Crippen molar-refractivity contribution < 1.29 is 4.74 Å². The minimum atomic E-state index is 0.0148. The van der Waals surface area contributed by atoms with Crippen LogP contribution >= 0.6 is 0 Å². The number of hydrogen-bond donors (Lipinski definition) is 0. The van der Waals surface area contributed by atoms with Crippen LogP contribution in [0.15, 0.2) is 79.1 Å². The summed E-state index contributed by atoms with van der Waals surface area (Å²) < 4.78 is 8.19. The van der Waals surface area contributed by atoms with E-state index in [0.717, 1.165) is 28.2 Å². The Labute approximate surface area is 147 Å². The Kier molecular flexibility index (Phi) is 3.98. The number of benzene rings is 2. The van der Waals surface area contributed by atoms with Crippen LogP contribution in [0.4, 0.5) is 0 Å². The zero-order chi connectivity index (χ0) is 17.2. The van der Waals surface area contributed by atoms with Gasteiger partial charge in [0.2, 0.25) is 0 Å². The van der Waals surface area contributed by atoms with Crippen molar-refractivity contribution in [2.75, 3.05) is 0 Å². The fourth-order valence-corrected chi connectivity index (χ4v) is 3.00. The van der Waals surface area contributed by atoms with Crippen molar-refractivity contribution in [1.82, 2.24) is 9.38 Å². The molecular formula is C22H20N2O. The van der Waals surface area contributed by atoms with Crippen molar-refractivity contribution in [2.24, 2.45) is 0 Å². The molecule has 0 radical (unpaired) electrons. The van der Waals surface area contributed by atoms with Crippen LogP contribution in [0.25, 0.3) is 16.9 Å². The quantitative estimate of drug-likeness (QED) is 0.498. The number of imidazole rings is 1. The molecule has 0 saturated carbocycles. The van der Waals surface area contributed by atoms with E-state index in [2.05, 4.69) is 49.3 Å². The van der Waals surface area contributed by atoms with Gasteiger partial charge in [-0.25, -0.2) is 4.98 Å². The van der Waals surface area contributed by atoms with Gasteiger partial charge in [0.1, 0.15) is 17.5 Å². The molecule has 0 spiro atoms. The molecule has 0 amide bonds. The fourth-order valence-electron chi connectivity index (χ4n) is 3.00. The van der Waals surface area contributed by atoms with Crippen LogP contribution in [0, 0.1) is 6.92 Å². The molecule has 0 N–H and O–H groups in total. The minimum absolute atomic E-state index is 0.0148. The smallest absolute Gasteiger partial charge is 0.137 e. The van der Waals surface area contributed by atoms with Gasteiger partial charge in [0.05, 0.1) is 5.69 Å². The Morgan fingerprint density at radius 3 is 2.52 bits per heavy atom. The lowest BCUT2D eigenvalue weighted by Crippen LogP contribution is -2.03. The second-order valence-corrected chi connectivity index (χ2v) is 6.24. The molecule has 0 unspecified atom stereocenters. The molecule has 0 aliphatic rings. The predicted molar refractivity (Wildman–Crippen MR) is 101 cm³/mol. The molecule has 0 saturated heterocycles. The van der Waals surface area contributed by atoms with Crippen LogP contribution < -0.4 is 4.74 Å². The molecular weight excluding hydrogens is 308 g/mol. The number of fused-ring (bicyclic) bond motifs is 1. The number of ether oxygens (including phenoxy) is 1. The number of pyridine rings is 1. The van der Waals surface area contributed by atoms with E-state index in [1.165, 1.54) is 5.56 Å². The molecule has 0 aliphatic heterocycles. The van der Waals surface area contributed by atoms with Gasteiger partial charge < -0.3 is 9.14 Å². The third-order valence-corrected chi connectivity index (χ3v) is 4.41. The summed E-state index contributed by atoms with van der Waals surface area (Å²) >= 11 is 0. The third-order valence-electron chi connectivity index (χ3n) is 4.41. The van der Waals surface area contributed by atoms with Gasteiger partial charge in [-0.1, -0.05) is 36.4 Å². The van der Waals surface area contributed by atoms with Gasteiger partial charge in [0.25, 0.3) is 0 Å². The SMILES string of the molecule is Cc1cc(-c2cn3ccccc3n2)ccc1O[C@@H](C)c1ccccc1. The number of aromatic nitrogens is 2. The van der Waals surface area contributed by atoms with Crippen molar-refractivity contribution >= 4 is 5.65 Å². The summed E-state index contributed by atoms with van der Waals surface area (Å²) in [4.78, 5) is 4.68. The summed E-state index contributed by atoms with van der Waals surface area (Å²) in [6.07, 6.45) is 4.08. The first-order valence-corrected chi connectivity index (χ1v) is 8.47. The average Bonchev–Trinajstić information content (AvgIpc) is 3.08. The van der Waals surface area contributed by atoms with E-state index in [4.69, 9.17) is 4.74 Å². The maximum atomic E-state index is 6.16. The molecule has 3 nitrogen and oxygen atoms in total. The first-order chi connectivity index (χ1) is 12.2. The van der Waals surface area contributed by atoms with E-state index >= 15 is 0 Å². The number of hydrogen-bond acceptors (Lipinski definition) is 2. The van der Waals surface area contributed by atoms with E-state index < -0.39 is 0 Å². The highest BCUT2D eigenvalue weighted by Crippen LogP contribution is 2.29. The molecule has 1 atom stereocenters. The highest BCUT2D eigenvalue weighted by atomic mass is 16.5. The zero-order valence-corrected chi connectivity index (χ0v) is 14.4. The Bertz CT molecular complexity index is 972. The molecule has 3 heteroatoms. The van der Waals surface area contributed by atoms with Crippen molar-refractivity contribution in [3.8, 4) is 17.0 Å². The molecule has 0 bridgehead atoms. The van der Waals surface area contributed by atoms with Gasteiger partial charge >= 0.3 is 0 Å². The molecule has 124 valence electrons. The maximum absolute atomic E-state index is 6.16. The largest absolute Gasteiger partial charge is 0.486 e. The lowest BCUT2D eigenvalue weighted by atomic mass is 10.1. The van der Waals surface area contributed by atoms with Crippen molar-refractivity contribution in [2.45, 2.75) is 20.0 Å². The van der Waals surface area contributed by atoms with E-state index in [1.54, 1.807) is 0 Å². The molecule has 0 fully saturated rings. The summed E-state index contributed by atoms with van der Waals surface area (Å²) in [5.41, 5.74) is 5.30. The van der Waals surface area contributed by atoms with Crippen molar-refractivity contribution in [3.05, 3.63) is 90.3 Å². The molecule has 2 aromatic heterocycles. The molecule has 4 aromatic rings. The third kappa shape index (κ3) is 3.13. The summed E-state index contributed by atoms with van der Waals surface area (Å²) in [6, 6.07) is 22.5. The van der Waals surface area contributed by atoms with Crippen LogP contribution in [0.2, 0.25) is 0 Å². The van der Waals surface area contributed by atoms with Crippen LogP contribution in [0.3, 0.4) is 0 Å². The second kappa shape index (κ2) is 6.44. The molecule has 4 rings (SSSR count). The van der Waals surface area contributed by atoms with E-state index in [9.17, 15) is 0 Å². The Morgan fingerprint density at radius 2 is 1.76 bits per heavy atom. The Hall–Kier alpha value is -3.07. The van der Waals surface area contributed by atoms with Crippen molar-refractivity contribution in [1.29, 1.82) is 0 Å². The van der Waals surface area contributed by atoms with E-state index in [0.29, 0.717) is 0 Å². The fraction of sp³-hybridized carbons (Fsp3) is 0.136. The van der Waals surface area contributed by atoms with Crippen molar-refractivity contribution in [3.63, 3.8) is 0 Å². The summed E-state index contributed by atoms with van der Waals surface area (Å²) in [5.74, 6) is 0.906. The standard InChI is InChI=1S/C22H20N2O/c1-16-14-19(20-15-24-13-7-6-10-22(24)23-20)11-12-21(16)25-17(2)18-8-4-3-5-9-18/h3-15,17H,1-2H3/t17-/m0/s1. The summed E-state index contributed by atoms with van der Waals surface area (Å²) in [5, 5.41) is 0. The first kappa shape index (κ1) is 15.5. The predicted octanol–water partition coefficient (Wildman–Crippen LogP) is 5.45. The molecule has 0 aliphatic carbocycles.